The summed E-state index contributed by atoms with van der Waals surface area (Å²) in [5.74, 6) is 1.46. The lowest BCUT2D eigenvalue weighted by Crippen LogP contribution is -2.10. The molecule has 0 saturated heterocycles. The SMILES string of the molecule is Cn1[cH+]n(-c2cccc(N(c3ccccc3)c3ccc4c5ccccc5n(-c5cc(-c6c(-c7ccccc7)cccc6C6CCCCC6)ccn5)c4c3)c2)c2ccccc21. The van der Waals surface area contributed by atoms with E-state index in [9.17, 15) is 0 Å². The highest BCUT2D eigenvalue weighted by molar-refractivity contribution is 6.10. The predicted octanol–water partition coefficient (Wildman–Crippen LogP) is 14.6. The largest absolute Gasteiger partial charge is 0.309 e. The molecule has 7 aromatic carbocycles. The molecule has 3 heterocycles. The highest BCUT2D eigenvalue weighted by Gasteiger charge is 2.24. The molecule has 1 saturated carbocycles. The monoisotopic (exact) mass is 776 g/mol. The van der Waals surface area contributed by atoms with Crippen molar-refractivity contribution in [2.75, 3.05) is 4.90 Å². The number of imidazole rings is 1. The summed E-state index contributed by atoms with van der Waals surface area (Å²) < 4.78 is 6.83. The zero-order chi connectivity index (χ0) is 40.0. The van der Waals surface area contributed by atoms with Crippen molar-refractivity contribution >= 4 is 49.9 Å². The second-order valence-corrected chi connectivity index (χ2v) is 16.2. The topological polar surface area (TPSA) is 30.9 Å². The van der Waals surface area contributed by atoms with Crippen LogP contribution < -0.4 is 4.90 Å². The van der Waals surface area contributed by atoms with Gasteiger partial charge in [0, 0.05) is 59.7 Å². The first-order valence-electron chi connectivity index (χ1n) is 21.3. The minimum absolute atomic E-state index is 0.548. The molecule has 0 amide bonds. The molecule has 290 valence electrons. The van der Waals surface area contributed by atoms with Crippen LogP contribution in [0.2, 0.25) is 0 Å². The number of aryl methyl sites for hydroxylation is 1. The number of aromatic nitrogens is 4. The van der Waals surface area contributed by atoms with Crippen LogP contribution in [0.15, 0.2) is 195 Å². The molecule has 0 atom stereocenters. The third kappa shape index (κ3) is 6.25. The quantitative estimate of drug-likeness (QED) is 0.144. The second kappa shape index (κ2) is 15.2. The maximum Gasteiger partial charge on any atom is 0.191 e. The van der Waals surface area contributed by atoms with E-state index in [0.717, 1.165) is 39.6 Å². The molecule has 0 aliphatic heterocycles. The van der Waals surface area contributed by atoms with E-state index in [2.05, 4.69) is 214 Å². The normalized spacial score (nSPS) is 13.3. The molecule has 5 nitrogen and oxygen atoms in total. The first kappa shape index (κ1) is 35.9. The maximum absolute atomic E-state index is 5.16. The Hall–Kier alpha value is -7.24. The molecular formula is C55H46N5+. The highest BCUT2D eigenvalue weighted by atomic mass is 15.2. The number of hydrogen-bond donors (Lipinski definition) is 0. The molecule has 1 aliphatic rings. The van der Waals surface area contributed by atoms with Gasteiger partial charge in [0.1, 0.15) is 11.5 Å². The maximum atomic E-state index is 5.16. The smallest absolute Gasteiger partial charge is 0.191 e. The summed E-state index contributed by atoms with van der Waals surface area (Å²) in [5, 5.41) is 2.40. The molecule has 0 N–H and O–H groups in total. The Kier molecular flexibility index (Phi) is 9.07. The molecular weight excluding hydrogens is 731 g/mol. The lowest BCUT2D eigenvalue weighted by Gasteiger charge is -2.26. The van der Waals surface area contributed by atoms with Crippen LogP contribution in [0.4, 0.5) is 17.1 Å². The third-order valence-corrected chi connectivity index (χ3v) is 12.6. The van der Waals surface area contributed by atoms with Crippen molar-refractivity contribution < 1.29 is 0 Å². The molecule has 60 heavy (non-hydrogen) atoms. The first-order valence-corrected chi connectivity index (χ1v) is 21.3. The van der Waals surface area contributed by atoms with Gasteiger partial charge in [0.15, 0.2) is 17.4 Å². The molecule has 5 heteroatoms. The number of nitrogens with zero attached hydrogens (tertiary/aromatic N) is 5. The number of hydrogen-bond acceptors (Lipinski definition) is 2. The van der Waals surface area contributed by atoms with E-state index >= 15 is 0 Å². The molecule has 0 bridgehead atoms. The van der Waals surface area contributed by atoms with Crippen LogP contribution in [0.5, 0.6) is 0 Å². The van der Waals surface area contributed by atoms with Gasteiger partial charge < -0.3 is 4.90 Å². The van der Waals surface area contributed by atoms with Crippen LogP contribution in [0.3, 0.4) is 0 Å². The minimum atomic E-state index is 0.548. The summed E-state index contributed by atoms with van der Waals surface area (Å²) in [6, 6.07) is 66.2. The van der Waals surface area contributed by atoms with Gasteiger partial charge in [-0.1, -0.05) is 110 Å². The van der Waals surface area contributed by atoms with Gasteiger partial charge in [0.05, 0.1) is 16.7 Å². The summed E-state index contributed by atoms with van der Waals surface area (Å²) in [6.07, 6.45) is 10.6. The molecule has 1 aliphatic carbocycles. The van der Waals surface area contributed by atoms with Crippen LogP contribution >= 0.6 is 0 Å². The van der Waals surface area contributed by atoms with Crippen molar-refractivity contribution in [3.8, 4) is 33.8 Å². The minimum Gasteiger partial charge on any atom is -0.309 e. The summed E-state index contributed by atoms with van der Waals surface area (Å²) >= 11 is 0. The van der Waals surface area contributed by atoms with E-state index < -0.39 is 0 Å². The van der Waals surface area contributed by atoms with E-state index in [1.807, 2.05) is 6.20 Å². The lowest BCUT2D eigenvalue weighted by molar-refractivity contribution is 0.444. The van der Waals surface area contributed by atoms with Gasteiger partial charge in [-0.05, 0) is 113 Å². The number of rotatable bonds is 8. The molecule has 0 radical (unpaired) electrons. The highest BCUT2D eigenvalue weighted by Crippen LogP contribution is 2.44. The number of fused-ring (bicyclic) bond motifs is 4. The Balaban J connectivity index is 1.09. The summed E-state index contributed by atoms with van der Waals surface area (Å²) in [5.41, 5.74) is 15.5. The number of para-hydroxylation sites is 4. The van der Waals surface area contributed by atoms with Gasteiger partial charge >= 0.3 is 0 Å². The molecule has 3 aromatic heterocycles. The Morgan fingerprint density at radius 1 is 0.533 bits per heavy atom. The van der Waals surface area contributed by atoms with E-state index in [1.165, 1.54) is 81.7 Å². The summed E-state index contributed by atoms with van der Waals surface area (Å²) in [6.45, 7) is 0. The fraction of sp³-hybridized carbons (Fsp3) is 0.127. The van der Waals surface area contributed by atoms with Crippen molar-refractivity contribution in [2.24, 2.45) is 7.05 Å². The molecule has 0 spiro atoms. The zero-order valence-corrected chi connectivity index (χ0v) is 33.8. The fourth-order valence-corrected chi connectivity index (χ4v) is 9.82. The van der Waals surface area contributed by atoms with Crippen molar-refractivity contribution in [1.82, 2.24) is 18.7 Å². The van der Waals surface area contributed by atoms with E-state index in [1.54, 1.807) is 0 Å². The van der Waals surface area contributed by atoms with E-state index in [4.69, 9.17) is 4.98 Å². The van der Waals surface area contributed by atoms with Gasteiger partial charge in [0.2, 0.25) is 0 Å². The van der Waals surface area contributed by atoms with E-state index in [-0.39, 0.29) is 0 Å². The fourth-order valence-electron chi connectivity index (χ4n) is 9.82. The second-order valence-electron chi connectivity index (χ2n) is 16.2. The molecule has 10 aromatic rings. The van der Waals surface area contributed by atoms with Gasteiger partial charge in [0.25, 0.3) is 0 Å². The Bertz CT molecular complexity index is 3150. The van der Waals surface area contributed by atoms with Gasteiger partial charge in [-0.2, -0.15) is 4.57 Å². The van der Waals surface area contributed by atoms with Crippen LogP contribution in [0, 0.1) is 0 Å². The van der Waals surface area contributed by atoms with Gasteiger partial charge in [-0.3, -0.25) is 4.57 Å². The van der Waals surface area contributed by atoms with Crippen LogP contribution in [-0.4, -0.2) is 18.7 Å². The Morgan fingerprint density at radius 2 is 1.22 bits per heavy atom. The third-order valence-electron chi connectivity index (χ3n) is 12.6. The van der Waals surface area contributed by atoms with Crippen LogP contribution in [0.25, 0.3) is 66.6 Å². The number of benzene rings is 7. The standard InChI is InChI=1S/C55H46N5/c1-57-38-58(52-30-14-13-29-51(52)57)43-23-15-24-44(36-43)59(42-21-9-4-10-22-42)45-31-32-49-48-25-11-12-28-50(48)60(53(49)37-45)54-35-41(33-34-56-54)55-46(39-17-5-2-6-18-39)26-16-27-47(55)40-19-7-3-8-20-40/h2,4-6,9-18,21-38,40H,3,7-8,19-20H2,1H3/q+1. The average Bonchev–Trinajstić information content (AvgIpc) is 3.84. The average molecular weight is 777 g/mol. The van der Waals surface area contributed by atoms with Gasteiger partial charge in [-0.25, -0.2) is 9.55 Å². The zero-order valence-electron chi connectivity index (χ0n) is 33.8. The number of pyridine rings is 1. The Morgan fingerprint density at radius 3 is 2.05 bits per heavy atom. The predicted molar refractivity (Wildman–Crippen MR) is 250 cm³/mol. The molecule has 1 fully saturated rings. The van der Waals surface area contributed by atoms with Crippen molar-refractivity contribution in [3.63, 3.8) is 0 Å². The van der Waals surface area contributed by atoms with Crippen molar-refractivity contribution in [2.45, 2.75) is 38.0 Å². The molecule has 0 unspecified atom stereocenters. The summed E-state index contributed by atoms with van der Waals surface area (Å²) in [7, 11) is 2.11. The van der Waals surface area contributed by atoms with Gasteiger partial charge in [-0.15, -0.1) is 0 Å². The van der Waals surface area contributed by atoms with Crippen molar-refractivity contribution in [3.05, 3.63) is 200 Å². The lowest BCUT2D eigenvalue weighted by atomic mass is 9.79. The Labute approximate surface area is 351 Å². The first-order chi connectivity index (χ1) is 29.7. The van der Waals surface area contributed by atoms with Crippen molar-refractivity contribution in [1.29, 1.82) is 0 Å². The van der Waals surface area contributed by atoms with E-state index in [0.29, 0.717) is 5.92 Å². The summed E-state index contributed by atoms with van der Waals surface area (Å²) in [4.78, 5) is 7.53. The van der Waals surface area contributed by atoms with Crippen LogP contribution in [0.1, 0.15) is 43.6 Å². The number of anilines is 3. The van der Waals surface area contributed by atoms with Crippen LogP contribution in [-0.2, 0) is 7.05 Å². The molecule has 11 rings (SSSR count).